The van der Waals surface area contributed by atoms with Crippen molar-refractivity contribution in [3.8, 4) is 0 Å². The maximum atomic E-state index is 13.6. The summed E-state index contributed by atoms with van der Waals surface area (Å²) < 4.78 is 27.0. The normalized spacial score (nSPS) is 12.5. The van der Waals surface area contributed by atoms with Gasteiger partial charge >= 0.3 is 0 Å². The molecule has 0 aliphatic carbocycles. The largest absolute Gasteiger partial charge is 0.388 e. The first-order chi connectivity index (χ1) is 8.99. The number of rotatable bonds is 3. The van der Waals surface area contributed by atoms with Crippen molar-refractivity contribution in [3.63, 3.8) is 0 Å². The Kier molecular flexibility index (Phi) is 4.55. The molecule has 2 rings (SSSR count). The third-order valence-corrected chi connectivity index (χ3v) is 3.68. The Morgan fingerprint density at radius 1 is 1.16 bits per heavy atom. The fourth-order valence-corrected chi connectivity index (χ4v) is 2.54. The highest BCUT2D eigenvalue weighted by atomic mass is 79.9. The molecule has 0 spiro atoms. The number of hydrogen-bond acceptors (Lipinski definition) is 1. The monoisotopic (exact) mass is 346 g/mol. The molecule has 0 heterocycles. The first-order valence-corrected chi connectivity index (χ1v) is 6.72. The molecule has 2 aromatic rings. The predicted molar refractivity (Wildman–Crippen MR) is 74.2 cm³/mol. The molecule has 0 fully saturated rings. The molecule has 1 nitrogen and oxygen atoms in total. The molecule has 0 aliphatic rings. The second kappa shape index (κ2) is 5.99. The maximum absolute atomic E-state index is 13.6. The second-order valence-corrected chi connectivity index (χ2v) is 5.37. The molecule has 0 amide bonds. The Labute approximate surface area is 123 Å². The molecule has 1 N–H and O–H groups in total. The zero-order valence-corrected chi connectivity index (χ0v) is 12.0. The molecule has 0 radical (unpaired) electrons. The van der Waals surface area contributed by atoms with Crippen molar-refractivity contribution < 1.29 is 13.9 Å². The van der Waals surface area contributed by atoms with E-state index in [1.807, 2.05) is 0 Å². The molecule has 5 heteroatoms. The van der Waals surface area contributed by atoms with Crippen LogP contribution in [0.1, 0.15) is 17.2 Å². The molecule has 0 aliphatic heterocycles. The maximum Gasteiger partial charge on any atom is 0.137 e. The van der Waals surface area contributed by atoms with Crippen LogP contribution in [0.15, 0.2) is 40.9 Å². The van der Waals surface area contributed by atoms with Crippen LogP contribution in [0.2, 0.25) is 5.02 Å². The Morgan fingerprint density at radius 2 is 1.89 bits per heavy atom. The van der Waals surface area contributed by atoms with Crippen LogP contribution in [0.5, 0.6) is 0 Å². The highest BCUT2D eigenvalue weighted by Gasteiger charge is 2.17. The van der Waals surface area contributed by atoms with E-state index < -0.39 is 11.9 Å². The lowest BCUT2D eigenvalue weighted by molar-refractivity contribution is 0.173. The van der Waals surface area contributed by atoms with Crippen LogP contribution in [-0.2, 0) is 6.42 Å². The van der Waals surface area contributed by atoms with Crippen molar-refractivity contribution in [2.75, 3.05) is 0 Å². The minimum Gasteiger partial charge on any atom is -0.388 e. The topological polar surface area (TPSA) is 20.2 Å². The first kappa shape index (κ1) is 14.4. The van der Waals surface area contributed by atoms with Gasteiger partial charge in [-0.15, -0.1) is 0 Å². The van der Waals surface area contributed by atoms with Gasteiger partial charge < -0.3 is 5.11 Å². The lowest BCUT2D eigenvalue weighted by Gasteiger charge is -2.14. The van der Waals surface area contributed by atoms with Crippen molar-refractivity contribution >= 4 is 27.5 Å². The summed E-state index contributed by atoms with van der Waals surface area (Å²) in [6, 6.07) is 8.61. The van der Waals surface area contributed by atoms with Crippen LogP contribution in [0.3, 0.4) is 0 Å². The minimum absolute atomic E-state index is 0.0598. The molecular formula is C14H10BrClF2O. The summed E-state index contributed by atoms with van der Waals surface area (Å²) in [4.78, 5) is 0. The molecule has 0 aromatic heterocycles. The number of aliphatic hydroxyl groups excluding tert-OH is 1. The third kappa shape index (κ3) is 3.32. The highest BCUT2D eigenvalue weighted by Crippen LogP contribution is 2.29. The van der Waals surface area contributed by atoms with Gasteiger partial charge in [-0.2, -0.15) is 0 Å². The molecule has 0 saturated heterocycles. The van der Waals surface area contributed by atoms with Gasteiger partial charge in [0.2, 0.25) is 0 Å². The number of benzene rings is 2. The Balaban J connectivity index is 2.25. The summed E-state index contributed by atoms with van der Waals surface area (Å²) in [5.41, 5.74) is 0.740. The van der Waals surface area contributed by atoms with Crippen LogP contribution in [0, 0.1) is 11.6 Å². The smallest absolute Gasteiger partial charge is 0.137 e. The van der Waals surface area contributed by atoms with Gasteiger partial charge in [0.15, 0.2) is 0 Å². The van der Waals surface area contributed by atoms with Gasteiger partial charge in [0.05, 0.1) is 10.6 Å². The van der Waals surface area contributed by atoms with Crippen LogP contribution < -0.4 is 0 Å². The molecule has 2 aromatic carbocycles. The molecule has 1 atom stereocenters. The Morgan fingerprint density at radius 3 is 2.53 bits per heavy atom. The van der Waals surface area contributed by atoms with Crippen LogP contribution in [0.4, 0.5) is 8.78 Å². The average molecular weight is 348 g/mol. The lowest BCUT2D eigenvalue weighted by Crippen LogP contribution is -2.05. The first-order valence-electron chi connectivity index (χ1n) is 5.55. The van der Waals surface area contributed by atoms with E-state index in [1.54, 1.807) is 6.07 Å². The molecule has 0 saturated carbocycles. The third-order valence-electron chi connectivity index (χ3n) is 2.75. The summed E-state index contributed by atoms with van der Waals surface area (Å²) >= 11 is 8.94. The van der Waals surface area contributed by atoms with Gasteiger partial charge in [0.25, 0.3) is 0 Å². The van der Waals surface area contributed by atoms with E-state index in [0.717, 1.165) is 0 Å². The van der Waals surface area contributed by atoms with Gasteiger partial charge in [-0.05, 0) is 45.8 Å². The van der Waals surface area contributed by atoms with Gasteiger partial charge in [0, 0.05) is 17.0 Å². The minimum atomic E-state index is -1.08. The molecule has 100 valence electrons. The fraction of sp³-hybridized carbons (Fsp3) is 0.143. The Hall–Kier alpha value is -0.970. The summed E-state index contributed by atoms with van der Waals surface area (Å²) in [5, 5.41) is 10.2. The zero-order chi connectivity index (χ0) is 14.0. The van der Waals surface area contributed by atoms with Crippen molar-refractivity contribution in [2.24, 2.45) is 0 Å². The summed E-state index contributed by atoms with van der Waals surface area (Å²) in [6.07, 6.45) is -0.925. The number of aliphatic hydroxyl groups is 1. The predicted octanol–water partition coefficient (Wildman–Crippen LogP) is 4.66. The van der Waals surface area contributed by atoms with E-state index in [4.69, 9.17) is 11.6 Å². The van der Waals surface area contributed by atoms with Crippen molar-refractivity contribution in [2.45, 2.75) is 12.5 Å². The van der Waals surface area contributed by atoms with Crippen LogP contribution in [-0.4, -0.2) is 5.11 Å². The van der Waals surface area contributed by atoms with Gasteiger partial charge in [-0.25, -0.2) is 8.78 Å². The molecule has 1 unspecified atom stereocenters. The summed E-state index contributed by atoms with van der Waals surface area (Å²) in [5.74, 6) is -0.941. The molecular weight excluding hydrogens is 338 g/mol. The zero-order valence-electron chi connectivity index (χ0n) is 9.71. The van der Waals surface area contributed by atoms with Crippen molar-refractivity contribution in [1.82, 2.24) is 0 Å². The van der Waals surface area contributed by atoms with E-state index >= 15 is 0 Å². The van der Waals surface area contributed by atoms with E-state index in [-0.39, 0.29) is 22.8 Å². The summed E-state index contributed by atoms with van der Waals surface area (Å²) in [7, 11) is 0. The highest BCUT2D eigenvalue weighted by molar-refractivity contribution is 9.10. The van der Waals surface area contributed by atoms with Crippen LogP contribution >= 0.6 is 27.5 Å². The SMILES string of the molecule is OC(Cc1ccc(F)c(Br)c1)c1c(F)cccc1Cl. The lowest BCUT2D eigenvalue weighted by atomic mass is 10.0. The summed E-state index contributed by atoms with van der Waals surface area (Å²) in [6.45, 7) is 0. The molecule has 19 heavy (non-hydrogen) atoms. The average Bonchev–Trinajstić information content (AvgIpc) is 2.33. The van der Waals surface area contributed by atoms with E-state index in [2.05, 4.69) is 15.9 Å². The van der Waals surface area contributed by atoms with Crippen molar-refractivity contribution in [3.05, 3.63) is 68.7 Å². The second-order valence-electron chi connectivity index (χ2n) is 4.10. The Bertz CT molecular complexity index is 584. The standard InChI is InChI=1S/C14H10BrClF2O/c15-9-6-8(4-5-11(9)17)7-13(19)14-10(16)2-1-3-12(14)18/h1-6,13,19H,7H2. The van der Waals surface area contributed by atoms with Gasteiger partial charge in [-0.3, -0.25) is 0 Å². The van der Waals surface area contributed by atoms with E-state index in [1.165, 1.54) is 30.3 Å². The van der Waals surface area contributed by atoms with Crippen LogP contribution in [0.25, 0.3) is 0 Å². The van der Waals surface area contributed by atoms with Gasteiger partial charge in [0.1, 0.15) is 11.6 Å². The van der Waals surface area contributed by atoms with Crippen molar-refractivity contribution in [1.29, 1.82) is 0 Å². The molecule has 0 bridgehead atoms. The van der Waals surface area contributed by atoms with E-state index in [9.17, 15) is 13.9 Å². The number of halogens is 4. The number of hydrogen-bond donors (Lipinski definition) is 1. The fourth-order valence-electron chi connectivity index (χ4n) is 1.82. The van der Waals surface area contributed by atoms with Gasteiger partial charge in [-0.1, -0.05) is 23.7 Å². The van der Waals surface area contributed by atoms with E-state index in [0.29, 0.717) is 10.0 Å². The quantitative estimate of drug-likeness (QED) is 0.856.